The summed E-state index contributed by atoms with van der Waals surface area (Å²) in [5.41, 5.74) is 0.423. The fourth-order valence-corrected chi connectivity index (χ4v) is 3.85. The maximum atomic E-state index is 11.0. The molecule has 2 aliphatic rings. The Hall–Kier alpha value is -2.25. The second-order valence-electron chi connectivity index (χ2n) is 7.76. The molecule has 0 aliphatic carbocycles. The highest BCUT2D eigenvalue weighted by atomic mass is 16.7. The quantitative estimate of drug-likeness (QED) is 0.788. The molecule has 0 saturated carbocycles. The van der Waals surface area contributed by atoms with Gasteiger partial charge in [-0.05, 0) is 32.3 Å². The molecule has 1 N–H and O–H groups in total. The Balaban J connectivity index is 1.41. The van der Waals surface area contributed by atoms with Gasteiger partial charge in [-0.25, -0.2) is 4.98 Å². The summed E-state index contributed by atoms with van der Waals surface area (Å²) in [5.74, 6) is 3.33. The van der Waals surface area contributed by atoms with Gasteiger partial charge in [-0.2, -0.15) is 0 Å². The van der Waals surface area contributed by atoms with Gasteiger partial charge in [-0.3, -0.25) is 4.90 Å². The number of piperidine rings is 1. The fourth-order valence-electron chi connectivity index (χ4n) is 3.85. The zero-order valence-electron chi connectivity index (χ0n) is 16.7. The maximum Gasteiger partial charge on any atom is 0.231 e. The van der Waals surface area contributed by atoms with Gasteiger partial charge in [0.1, 0.15) is 11.6 Å². The number of hydrogen-bond donors (Lipinski definition) is 1. The number of nitrogens with zero attached hydrogens (tertiary/aromatic N) is 3. The molecule has 2 aliphatic heterocycles. The van der Waals surface area contributed by atoms with Crippen molar-refractivity contribution in [3.63, 3.8) is 0 Å². The summed E-state index contributed by atoms with van der Waals surface area (Å²) in [6, 6.07) is 3.97. The normalized spacial score (nSPS) is 18.4. The van der Waals surface area contributed by atoms with Gasteiger partial charge in [-0.15, -0.1) is 0 Å². The summed E-state index contributed by atoms with van der Waals surface area (Å²) in [4.78, 5) is 6.62. The molecule has 0 bridgehead atoms. The summed E-state index contributed by atoms with van der Waals surface area (Å²) in [5, 5.41) is 11.0. The molecule has 4 rings (SSSR count). The number of likely N-dealkylation sites (tertiary alicyclic amines) is 1. The minimum absolute atomic E-state index is 0.260. The van der Waals surface area contributed by atoms with E-state index in [1.54, 1.807) is 6.20 Å². The highest BCUT2D eigenvalue weighted by molar-refractivity contribution is 5.51. The zero-order valence-corrected chi connectivity index (χ0v) is 16.7. The van der Waals surface area contributed by atoms with Crippen molar-refractivity contribution in [2.24, 2.45) is 0 Å². The smallest absolute Gasteiger partial charge is 0.231 e. The van der Waals surface area contributed by atoms with Crippen LogP contribution in [-0.4, -0.2) is 51.6 Å². The van der Waals surface area contributed by atoms with E-state index in [4.69, 9.17) is 14.2 Å². The Morgan fingerprint density at radius 3 is 2.64 bits per heavy atom. The topological polar surface area (TPSA) is 69.0 Å². The lowest BCUT2D eigenvalue weighted by molar-refractivity contribution is -0.0362. The van der Waals surface area contributed by atoms with Crippen LogP contribution < -0.4 is 14.2 Å². The van der Waals surface area contributed by atoms with Crippen molar-refractivity contribution in [3.05, 3.63) is 35.9 Å². The first-order chi connectivity index (χ1) is 13.6. The van der Waals surface area contributed by atoms with Crippen LogP contribution in [0.25, 0.3) is 0 Å². The van der Waals surface area contributed by atoms with Crippen molar-refractivity contribution < 1.29 is 19.3 Å². The van der Waals surface area contributed by atoms with Gasteiger partial charge in [0.25, 0.3) is 0 Å². The van der Waals surface area contributed by atoms with E-state index in [0.29, 0.717) is 13.2 Å². The van der Waals surface area contributed by atoms with E-state index in [1.807, 2.05) is 29.8 Å². The van der Waals surface area contributed by atoms with Gasteiger partial charge >= 0.3 is 0 Å². The van der Waals surface area contributed by atoms with Crippen LogP contribution >= 0.6 is 0 Å². The number of ether oxygens (including phenoxy) is 3. The molecule has 0 amide bonds. The Morgan fingerprint density at radius 2 is 1.96 bits per heavy atom. The second kappa shape index (κ2) is 8.01. The lowest BCUT2D eigenvalue weighted by Gasteiger charge is -2.38. The summed E-state index contributed by atoms with van der Waals surface area (Å²) < 4.78 is 19.0. The van der Waals surface area contributed by atoms with Gasteiger partial charge in [0, 0.05) is 43.7 Å². The van der Waals surface area contributed by atoms with Gasteiger partial charge in [0.2, 0.25) is 6.79 Å². The summed E-state index contributed by atoms with van der Waals surface area (Å²) in [6.45, 7) is 8.05. The molecule has 1 aromatic carbocycles. The first kappa shape index (κ1) is 19.1. The molecule has 0 radical (unpaired) electrons. The molecule has 1 saturated heterocycles. The monoisotopic (exact) mass is 387 g/mol. The van der Waals surface area contributed by atoms with Gasteiger partial charge in [0.05, 0.1) is 18.8 Å². The first-order valence-electron chi connectivity index (χ1n) is 10.0. The van der Waals surface area contributed by atoms with E-state index in [9.17, 15) is 5.11 Å². The highest BCUT2D eigenvalue weighted by Gasteiger charge is 2.33. The van der Waals surface area contributed by atoms with Crippen LogP contribution in [0.3, 0.4) is 0 Å². The average Bonchev–Trinajstić information content (AvgIpc) is 3.30. The maximum absolute atomic E-state index is 11.0. The van der Waals surface area contributed by atoms with Crippen molar-refractivity contribution in [1.82, 2.24) is 14.5 Å². The summed E-state index contributed by atoms with van der Waals surface area (Å²) >= 11 is 0. The molecule has 1 fully saturated rings. The Kier molecular flexibility index (Phi) is 5.46. The molecule has 3 heterocycles. The highest BCUT2D eigenvalue weighted by Crippen LogP contribution is 2.39. The third-order valence-corrected chi connectivity index (χ3v) is 5.59. The SMILES string of the molecule is CCCOc1cc2c(cc1CN1CCC(O)(Cn3ccnc3C)CC1)OCO2. The van der Waals surface area contributed by atoms with Crippen LogP contribution in [0.15, 0.2) is 24.5 Å². The number of aromatic nitrogens is 2. The van der Waals surface area contributed by atoms with Crippen molar-refractivity contribution in [2.75, 3.05) is 26.5 Å². The lowest BCUT2D eigenvalue weighted by atomic mass is 9.91. The number of aryl methyl sites for hydroxylation is 1. The predicted molar refractivity (Wildman–Crippen MR) is 105 cm³/mol. The lowest BCUT2D eigenvalue weighted by Crippen LogP contribution is -2.46. The molecule has 7 nitrogen and oxygen atoms in total. The predicted octanol–water partition coefficient (Wildman–Crippen LogP) is 2.74. The molecule has 0 unspecified atom stereocenters. The summed E-state index contributed by atoms with van der Waals surface area (Å²) in [6.07, 6.45) is 6.15. The molecule has 0 atom stereocenters. The number of rotatable bonds is 7. The molecule has 7 heteroatoms. The minimum atomic E-state index is -0.682. The van der Waals surface area contributed by atoms with E-state index < -0.39 is 5.60 Å². The van der Waals surface area contributed by atoms with Gasteiger partial charge in [-0.1, -0.05) is 6.92 Å². The molecule has 28 heavy (non-hydrogen) atoms. The van der Waals surface area contributed by atoms with Crippen LogP contribution in [0.1, 0.15) is 37.6 Å². The minimum Gasteiger partial charge on any atom is -0.493 e. The van der Waals surface area contributed by atoms with Crippen LogP contribution in [-0.2, 0) is 13.1 Å². The van der Waals surface area contributed by atoms with Crippen LogP contribution in [0, 0.1) is 6.92 Å². The van der Waals surface area contributed by atoms with E-state index in [2.05, 4.69) is 16.8 Å². The first-order valence-corrected chi connectivity index (χ1v) is 10.0. The van der Waals surface area contributed by atoms with E-state index in [1.165, 1.54) is 0 Å². The van der Waals surface area contributed by atoms with E-state index >= 15 is 0 Å². The molecular formula is C21H29N3O4. The molecule has 1 aromatic heterocycles. The van der Waals surface area contributed by atoms with Crippen molar-refractivity contribution in [1.29, 1.82) is 0 Å². The van der Waals surface area contributed by atoms with Gasteiger partial charge in [0.15, 0.2) is 11.5 Å². The van der Waals surface area contributed by atoms with Crippen molar-refractivity contribution in [3.8, 4) is 17.2 Å². The zero-order chi connectivity index (χ0) is 19.6. The van der Waals surface area contributed by atoms with Crippen molar-refractivity contribution >= 4 is 0 Å². The van der Waals surface area contributed by atoms with Crippen LogP contribution in [0.2, 0.25) is 0 Å². The van der Waals surface area contributed by atoms with E-state index in [-0.39, 0.29) is 6.79 Å². The Labute approximate surface area is 165 Å². The summed E-state index contributed by atoms with van der Waals surface area (Å²) in [7, 11) is 0. The van der Waals surface area contributed by atoms with Crippen LogP contribution in [0.4, 0.5) is 0 Å². The third-order valence-electron chi connectivity index (χ3n) is 5.59. The standard InChI is InChI=1S/C21H29N3O4/c1-3-10-26-18-12-20-19(27-15-28-20)11-17(18)13-23-7-4-21(25,5-8-23)14-24-9-6-22-16(24)2/h6,9,11-12,25H,3-5,7-8,10,13-15H2,1-2H3. The van der Waals surface area contributed by atoms with E-state index in [0.717, 1.165) is 67.5 Å². The average molecular weight is 387 g/mol. The number of hydrogen-bond acceptors (Lipinski definition) is 6. The number of aliphatic hydroxyl groups is 1. The van der Waals surface area contributed by atoms with Crippen LogP contribution in [0.5, 0.6) is 17.2 Å². The van der Waals surface area contributed by atoms with Gasteiger partial charge < -0.3 is 23.9 Å². The number of fused-ring (bicyclic) bond motifs is 1. The Morgan fingerprint density at radius 1 is 1.21 bits per heavy atom. The number of imidazole rings is 1. The molecule has 152 valence electrons. The second-order valence-corrected chi connectivity index (χ2v) is 7.76. The largest absolute Gasteiger partial charge is 0.493 e. The number of benzene rings is 1. The molecular weight excluding hydrogens is 358 g/mol. The Bertz CT molecular complexity index is 812. The molecule has 0 spiro atoms. The fraction of sp³-hybridized carbons (Fsp3) is 0.571. The van der Waals surface area contributed by atoms with Crippen molar-refractivity contribution in [2.45, 2.75) is 51.8 Å². The third kappa shape index (κ3) is 4.10. The molecule has 2 aromatic rings.